The standard InChI is InChI=1S/C11H13NO3/c1-15-11(13)9-4-2-6-10-8(9)5-3-7-12(10)14/h3,5,7,9H,2,4,6H2,1H3. The molecule has 1 aromatic heterocycles. The third kappa shape index (κ3) is 1.67. The van der Waals surface area contributed by atoms with Gasteiger partial charge in [0.25, 0.3) is 0 Å². The molecule has 4 nitrogen and oxygen atoms in total. The molecule has 0 aromatic carbocycles. The molecule has 0 amide bonds. The van der Waals surface area contributed by atoms with Crippen LogP contribution in [0.3, 0.4) is 0 Å². The number of methoxy groups -OCH3 is 1. The van der Waals surface area contributed by atoms with Gasteiger partial charge in [0.1, 0.15) is 0 Å². The van der Waals surface area contributed by atoms with Crippen LogP contribution in [0.25, 0.3) is 0 Å². The maximum atomic E-state index is 11.5. The summed E-state index contributed by atoms with van der Waals surface area (Å²) in [5.41, 5.74) is 1.53. The largest absolute Gasteiger partial charge is 0.618 e. The van der Waals surface area contributed by atoms with Gasteiger partial charge in [-0.15, -0.1) is 0 Å². The Bertz CT molecular complexity index is 389. The van der Waals surface area contributed by atoms with Crippen molar-refractivity contribution in [3.63, 3.8) is 0 Å². The number of carbonyl (C=O) groups is 1. The smallest absolute Gasteiger partial charge is 0.313 e. The van der Waals surface area contributed by atoms with Gasteiger partial charge in [0.2, 0.25) is 0 Å². The topological polar surface area (TPSA) is 53.2 Å². The first kappa shape index (κ1) is 9.96. The Hall–Kier alpha value is -1.58. The first-order valence-corrected chi connectivity index (χ1v) is 5.03. The van der Waals surface area contributed by atoms with Gasteiger partial charge in [-0.1, -0.05) is 0 Å². The average Bonchev–Trinajstić information content (AvgIpc) is 2.28. The first-order valence-electron chi connectivity index (χ1n) is 5.03. The maximum absolute atomic E-state index is 11.5. The lowest BCUT2D eigenvalue weighted by molar-refractivity contribution is -0.615. The van der Waals surface area contributed by atoms with E-state index < -0.39 is 0 Å². The van der Waals surface area contributed by atoms with Crippen LogP contribution in [0, 0.1) is 5.21 Å². The summed E-state index contributed by atoms with van der Waals surface area (Å²) >= 11 is 0. The Morgan fingerprint density at radius 3 is 3.20 bits per heavy atom. The minimum Gasteiger partial charge on any atom is -0.618 e. The van der Waals surface area contributed by atoms with Gasteiger partial charge in [0, 0.05) is 18.1 Å². The fraction of sp³-hybridized carbons (Fsp3) is 0.455. The molecule has 1 aliphatic rings. The fourth-order valence-corrected chi connectivity index (χ4v) is 2.13. The van der Waals surface area contributed by atoms with Crippen molar-refractivity contribution in [3.05, 3.63) is 34.8 Å². The summed E-state index contributed by atoms with van der Waals surface area (Å²) in [5, 5.41) is 11.5. The molecular formula is C11H13NO3. The van der Waals surface area contributed by atoms with Gasteiger partial charge in [-0.3, -0.25) is 4.79 Å². The summed E-state index contributed by atoms with van der Waals surface area (Å²) < 4.78 is 5.59. The molecule has 0 bridgehead atoms. The van der Waals surface area contributed by atoms with Crippen molar-refractivity contribution in [2.75, 3.05) is 7.11 Å². The summed E-state index contributed by atoms with van der Waals surface area (Å²) in [4.78, 5) is 11.5. The van der Waals surface area contributed by atoms with Crippen LogP contribution < -0.4 is 4.73 Å². The van der Waals surface area contributed by atoms with E-state index in [4.69, 9.17) is 4.74 Å². The highest BCUT2D eigenvalue weighted by atomic mass is 16.5. The number of aromatic nitrogens is 1. The quantitative estimate of drug-likeness (QED) is 0.391. The Labute approximate surface area is 88.1 Å². The first-order chi connectivity index (χ1) is 7.24. The average molecular weight is 207 g/mol. The van der Waals surface area contributed by atoms with Crippen LogP contribution in [0.15, 0.2) is 18.3 Å². The van der Waals surface area contributed by atoms with Crippen LogP contribution in [0.4, 0.5) is 0 Å². The third-order valence-corrected chi connectivity index (χ3v) is 2.86. The lowest BCUT2D eigenvalue weighted by Gasteiger charge is -2.21. The molecule has 0 saturated carbocycles. The molecule has 0 N–H and O–H groups in total. The summed E-state index contributed by atoms with van der Waals surface area (Å²) in [7, 11) is 1.38. The van der Waals surface area contributed by atoms with E-state index in [2.05, 4.69) is 0 Å². The van der Waals surface area contributed by atoms with Gasteiger partial charge in [0.05, 0.1) is 13.0 Å². The Morgan fingerprint density at radius 1 is 1.67 bits per heavy atom. The number of rotatable bonds is 1. The van der Waals surface area contributed by atoms with E-state index in [1.54, 1.807) is 6.07 Å². The number of ether oxygens (including phenoxy) is 1. The van der Waals surface area contributed by atoms with Crippen LogP contribution in [0.2, 0.25) is 0 Å². The van der Waals surface area contributed by atoms with Crippen molar-refractivity contribution in [2.24, 2.45) is 0 Å². The minimum absolute atomic E-state index is 0.248. The molecule has 0 radical (unpaired) electrons. The monoisotopic (exact) mass is 207 g/mol. The number of pyridine rings is 1. The maximum Gasteiger partial charge on any atom is 0.313 e. The number of carbonyl (C=O) groups excluding carboxylic acids is 1. The molecule has 1 unspecified atom stereocenters. The number of hydrogen-bond acceptors (Lipinski definition) is 3. The van der Waals surface area contributed by atoms with E-state index in [0.29, 0.717) is 5.69 Å². The van der Waals surface area contributed by atoms with E-state index in [9.17, 15) is 10.0 Å². The van der Waals surface area contributed by atoms with Crippen LogP contribution >= 0.6 is 0 Å². The zero-order valence-electron chi connectivity index (χ0n) is 8.60. The molecule has 0 saturated heterocycles. The number of nitrogens with zero attached hydrogens (tertiary/aromatic N) is 1. The van der Waals surface area contributed by atoms with E-state index in [1.165, 1.54) is 13.3 Å². The van der Waals surface area contributed by atoms with E-state index in [0.717, 1.165) is 29.6 Å². The van der Waals surface area contributed by atoms with Gasteiger partial charge in [-0.05, 0) is 18.9 Å². The van der Waals surface area contributed by atoms with Gasteiger partial charge in [0.15, 0.2) is 11.9 Å². The minimum atomic E-state index is -0.264. The van der Waals surface area contributed by atoms with Crippen molar-refractivity contribution in [1.29, 1.82) is 0 Å². The van der Waals surface area contributed by atoms with Gasteiger partial charge in [-0.2, -0.15) is 4.73 Å². The Balaban J connectivity index is 2.42. The predicted molar refractivity (Wildman–Crippen MR) is 53.1 cm³/mol. The SMILES string of the molecule is COC(=O)C1CCCc2c1ccc[n+]2[O-]. The molecule has 0 spiro atoms. The van der Waals surface area contributed by atoms with Crippen molar-refractivity contribution in [1.82, 2.24) is 0 Å². The number of fused-ring (bicyclic) bond motifs is 1. The molecular weight excluding hydrogens is 194 g/mol. The molecule has 1 aromatic rings. The molecule has 0 aliphatic heterocycles. The van der Waals surface area contributed by atoms with E-state index in [1.807, 2.05) is 6.07 Å². The van der Waals surface area contributed by atoms with Crippen LogP contribution in [-0.2, 0) is 16.0 Å². The van der Waals surface area contributed by atoms with Crippen LogP contribution in [0.5, 0.6) is 0 Å². The predicted octanol–water partition coefficient (Wildman–Crippen LogP) is 0.913. The fourth-order valence-electron chi connectivity index (χ4n) is 2.13. The second-order valence-electron chi connectivity index (χ2n) is 3.70. The Kier molecular flexibility index (Phi) is 2.58. The highest BCUT2D eigenvalue weighted by molar-refractivity contribution is 5.78. The van der Waals surface area contributed by atoms with Crippen molar-refractivity contribution < 1.29 is 14.3 Å². The van der Waals surface area contributed by atoms with E-state index >= 15 is 0 Å². The van der Waals surface area contributed by atoms with Crippen molar-refractivity contribution >= 4 is 5.97 Å². The number of hydrogen-bond donors (Lipinski definition) is 0. The van der Waals surface area contributed by atoms with Crippen LogP contribution in [-0.4, -0.2) is 13.1 Å². The lowest BCUT2D eigenvalue weighted by Crippen LogP contribution is -2.36. The summed E-state index contributed by atoms with van der Waals surface area (Å²) in [6, 6.07) is 3.51. The lowest BCUT2D eigenvalue weighted by atomic mass is 9.86. The van der Waals surface area contributed by atoms with Crippen LogP contribution in [0.1, 0.15) is 30.0 Å². The molecule has 1 aliphatic carbocycles. The highest BCUT2D eigenvalue weighted by Gasteiger charge is 2.31. The normalized spacial score (nSPS) is 19.4. The number of esters is 1. The second kappa shape index (κ2) is 3.88. The molecule has 1 heterocycles. The van der Waals surface area contributed by atoms with Gasteiger partial charge < -0.3 is 9.94 Å². The van der Waals surface area contributed by atoms with E-state index in [-0.39, 0.29) is 11.9 Å². The Morgan fingerprint density at radius 2 is 2.47 bits per heavy atom. The van der Waals surface area contributed by atoms with Crippen molar-refractivity contribution in [2.45, 2.75) is 25.2 Å². The summed E-state index contributed by atoms with van der Waals surface area (Å²) in [5.74, 6) is -0.512. The zero-order valence-corrected chi connectivity index (χ0v) is 8.60. The highest BCUT2D eigenvalue weighted by Crippen LogP contribution is 2.30. The molecule has 80 valence electrons. The summed E-state index contributed by atoms with van der Waals surface area (Å²) in [6.07, 6.45) is 3.84. The van der Waals surface area contributed by atoms with Gasteiger partial charge >= 0.3 is 5.97 Å². The molecule has 4 heteroatoms. The van der Waals surface area contributed by atoms with Crippen molar-refractivity contribution in [3.8, 4) is 0 Å². The third-order valence-electron chi connectivity index (χ3n) is 2.86. The molecule has 2 rings (SSSR count). The second-order valence-corrected chi connectivity index (χ2v) is 3.70. The zero-order chi connectivity index (χ0) is 10.8. The molecule has 1 atom stereocenters. The molecule has 15 heavy (non-hydrogen) atoms. The summed E-state index contributed by atoms with van der Waals surface area (Å²) in [6.45, 7) is 0. The molecule has 0 fully saturated rings. The van der Waals surface area contributed by atoms with Gasteiger partial charge in [-0.25, -0.2) is 0 Å².